The van der Waals surface area contributed by atoms with E-state index in [0.717, 1.165) is 37.9 Å². The van der Waals surface area contributed by atoms with Gasteiger partial charge in [-0.25, -0.2) is 4.79 Å². The zero-order chi connectivity index (χ0) is 18.5. The number of piperidine rings is 1. The molecule has 26 heavy (non-hydrogen) atoms. The summed E-state index contributed by atoms with van der Waals surface area (Å²) < 4.78 is 5.22. The van der Waals surface area contributed by atoms with Crippen molar-refractivity contribution in [1.82, 2.24) is 19.9 Å². The quantitative estimate of drug-likeness (QED) is 0.770. The van der Waals surface area contributed by atoms with E-state index in [4.69, 9.17) is 4.74 Å². The van der Waals surface area contributed by atoms with Crippen LogP contribution in [0.3, 0.4) is 0 Å². The standard InChI is InChI=1S/C19H24N4O3/c1-3-15-9-7-8-12-22(15)17(24)13-26-19(25)18-14(2)20-23(21-18)16-10-5-4-6-11-16/h4-6,10-11,15H,3,7-9,12-13H2,1-2H3/t15-/m0/s1. The van der Waals surface area contributed by atoms with Crippen LogP contribution >= 0.6 is 0 Å². The number of ether oxygens (including phenoxy) is 1. The Bertz CT molecular complexity index is 772. The first-order valence-electron chi connectivity index (χ1n) is 9.06. The molecule has 1 saturated heterocycles. The van der Waals surface area contributed by atoms with Crippen molar-refractivity contribution in [2.75, 3.05) is 13.2 Å². The number of likely N-dealkylation sites (tertiary alicyclic amines) is 1. The van der Waals surface area contributed by atoms with Gasteiger partial charge in [-0.2, -0.15) is 9.90 Å². The molecule has 138 valence electrons. The summed E-state index contributed by atoms with van der Waals surface area (Å²) in [5, 5.41) is 8.46. The van der Waals surface area contributed by atoms with Crippen LogP contribution in [0.4, 0.5) is 0 Å². The number of esters is 1. The topological polar surface area (TPSA) is 77.3 Å². The molecule has 1 atom stereocenters. The number of amides is 1. The molecule has 1 fully saturated rings. The van der Waals surface area contributed by atoms with Gasteiger partial charge in [0.25, 0.3) is 5.91 Å². The van der Waals surface area contributed by atoms with Gasteiger partial charge in [-0.05, 0) is 44.7 Å². The summed E-state index contributed by atoms with van der Waals surface area (Å²) in [7, 11) is 0. The summed E-state index contributed by atoms with van der Waals surface area (Å²) in [6.45, 7) is 4.25. The second kappa shape index (κ2) is 8.12. The van der Waals surface area contributed by atoms with E-state index in [9.17, 15) is 9.59 Å². The van der Waals surface area contributed by atoms with Gasteiger partial charge in [0, 0.05) is 12.6 Å². The number of hydrogen-bond donors (Lipinski definition) is 0. The van der Waals surface area contributed by atoms with Crippen LogP contribution in [0.2, 0.25) is 0 Å². The molecule has 7 nitrogen and oxygen atoms in total. The van der Waals surface area contributed by atoms with Crippen molar-refractivity contribution >= 4 is 11.9 Å². The van der Waals surface area contributed by atoms with Gasteiger partial charge in [0.2, 0.25) is 0 Å². The predicted octanol–water partition coefficient (Wildman–Crippen LogP) is 2.52. The highest BCUT2D eigenvalue weighted by Crippen LogP contribution is 2.19. The highest BCUT2D eigenvalue weighted by atomic mass is 16.5. The maximum absolute atomic E-state index is 12.4. The van der Waals surface area contributed by atoms with Crippen LogP contribution in [-0.4, -0.2) is 51.0 Å². The van der Waals surface area contributed by atoms with Crippen molar-refractivity contribution in [1.29, 1.82) is 0 Å². The third-order valence-electron chi connectivity index (χ3n) is 4.71. The summed E-state index contributed by atoms with van der Waals surface area (Å²) in [5.41, 5.74) is 1.35. The number of hydrogen-bond acceptors (Lipinski definition) is 5. The van der Waals surface area contributed by atoms with Gasteiger partial charge in [-0.3, -0.25) is 4.79 Å². The molecule has 0 aliphatic carbocycles. The molecule has 2 heterocycles. The third-order valence-corrected chi connectivity index (χ3v) is 4.71. The Hall–Kier alpha value is -2.70. The van der Waals surface area contributed by atoms with E-state index < -0.39 is 5.97 Å². The molecular weight excluding hydrogens is 332 g/mol. The van der Waals surface area contributed by atoms with Gasteiger partial charge in [0.05, 0.1) is 11.4 Å². The summed E-state index contributed by atoms with van der Waals surface area (Å²) in [6, 6.07) is 9.57. The smallest absolute Gasteiger partial charge is 0.361 e. The fourth-order valence-electron chi connectivity index (χ4n) is 3.28. The van der Waals surface area contributed by atoms with E-state index in [1.165, 1.54) is 4.80 Å². The van der Waals surface area contributed by atoms with Crippen molar-refractivity contribution in [3.63, 3.8) is 0 Å². The summed E-state index contributed by atoms with van der Waals surface area (Å²) >= 11 is 0. The molecule has 1 aliphatic heterocycles. The van der Waals surface area contributed by atoms with Crippen LogP contribution in [0.1, 0.15) is 48.8 Å². The van der Waals surface area contributed by atoms with E-state index in [1.54, 1.807) is 6.92 Å². The van der Waals surface area contributed by atoms with Crippen molar-refractivity contribution < 1.29 is 14.3 Å². The summed E-state index contributed by atoms with van der Waals surface area (Å²) in [6.07, 6.45) is 4.08. The average Bonchev–Trinajstić information content (AvgIpc) is 3.08. The number of carbonyl (C=O) groups excluding carboxylic acids is 2. The van der Waals surface area contributed by atoms with Crippen LogP contribution in [0.5, 0.6) is 0 Å². The normalized spacial score (nSPS) is 17.2. The number of carbonyl (C=O) groups is 2. The molecule has 1 amide bonds. The van der Waals surface area contributed by atoms with Crippen LogP contribution in [0.15, 0.2) is 30.3 Å². The van der Waals surface area contributed by atoms with Crippen LogP contribution in [0.25, 0.3) is 5.69 Å². The summed E-state index contributed by atoms with van der Waals surface area (Å²) in [4.78, 5) is 28.0. The van der Waals surface area contributed by atoms with Gasteiger partial charge in [-0.15, -0.1) is 5.10 Å². The zero-order valence-corrected chi connectivity index (χ0v) is 15.2. The number of rotatable bonds is 5. The fraction of sp³-hybridized carbons (Fsp3) is 0.474. The van der Waals surface area contributed by atoms with E-state index in [0.29, 0.717) is 5.69 Å². The van der Waals surface area contributed by atoms with Crippen LogP contribution < -0.4 is 0 Å². The molecule has 1 aliphatic rings. The van der Waals surface area contributed by atoms with Gasteiger partial charge < -0.3 is 9.64 Å². The fourth-order valence-corrected chi connectivity index (χ4v) is 3.28. The SMILES string of the molecule is CC[C@H]1CCCCN1C(=O)COC(=O)c1nn(-c2ccccc2)nc1C. The second-order valence-electron chi connectivity index (χ2n) is 6.48. The van der Waals surface area contributed by atoms with Crippen LogP contribution in [-0.2, 0) is 9.53 Å². The Morgan fingerprint density at radius 2 is 1.96 bits per heavy atom. The van der Waals surface area contributed by atoms with Gasteiger partial charge >= 0.3 is 5.97 Å². The molecule has 0 saturated carbocycles. The molecule has 3 rings (SSSR count). The first kappa shape index (κ1) is 18.1. The third kappa shape index (κ3) is 3.92. The Labute approximate surface area is 152 Å². The lowest BCUT2D eigenvalue weighted by molar-refractivity contribution is -0.138. The molecular formula is C19H24N4O3. The maximum Gasteiger partial charge on any atom is 0.361 e. The van der Waals surface area contributed by atoms with Gasteiger partial charge in [0.15, 0.2) is 12.3 Å². The lowest BCUT2D eigenvalue weighted by Gasteiger charge is -2.35. The molecule has 1 aromatic heterocycles. The largest absolute Gasteiger partial charge is 0.451 e. The maximum atomic E-state index is 12.4. The molecule has 2 aromatic rings. The van der Waals surface area contributed by atoms with Crippen molar-refractivity contribution in [3.05, 3.63) is 41.7 Å². The van der Waals surface area contributed by atoms with E-state index >= 15 is 0 Å². The molecule has 0 unspecified atom stereocenters. The Morgan fingerprint density at radius 1 is 1.19 bits per heavy atom. The number of aromatic nitrogens is 3. The first-order valence-corrected chi connectivity index (χ1v) is 9.06. The average molecular weight is 356 g/mol. The minimum absolute atomic E-state index is 0.132. The zero-order valence-electron chi connectivity index (χ0n) is 15.2. The van der Waals surface area contributed by atoms with Crippen molar-refractivity contribution in [2.45, 2.75) is 45.6 Å². The Morgan fingerprint density at radius 3 is 2.69 bits per heavy atom. The van der Waals surface area contributed by atoms with Crippen molar-refractivity contribution in [3.8, 4) is 5.69 Å². The molecule has 0 radical (unpaired) electrons. The molecule has 7 heteroatoms. The highest BCUT2D eigenvalue weighted by Gasteiger charge is 2.27. The minimum atomic E-state index is -0.622. The predicted molar refractivity (Wildman–Crippen MR) is 96.0 cm³/mol. The van der Waals surface area contributed by atoms with Gasteiger partial charge in [-0.1, -0.05) is 25.1 Å². The second-order valence-corrected chi connectivity index (χ2v) is 6.48. The van der Waals surface area contributed by atoms with Crippen molar-refractivity contribution in [2.24, 2.45) is 0 Å². The lowest BCUT2D eigenvalue weighted by Crippen LogP contribution is -2.45. The molecule has 0 bridgehead atoms. The first-order chi connectivity index (χ1) is 12.6. The lowest BCUT2D eigenvalue weighted by atomic mass is 10.00. The number of aryl methyl sites for hydroxylation is 1. The Balaban J connectivity index is 1.63. The minimum Gasteiger partial charge on any atom is -0.451 e. The molecule has 0 N–H and O–H groups in total. The van der Waals surface area contributed by atoms with E-state index in [2.05, 4.69) is 17.1 Å². The molecule has 1 aromatic carbocycles. The van der Waals surface area contributed by atoms with Crippen LogP contribution in [0, 0.1) is 6.92 Å². The van der Waals surface area contributed by atoms with E-state index in [1.807, 2.05) is 35.2 Å². The number of benzene rings is 1. The van der Waals surface area contributed by atoms with E-state index in [-0.39, 0.29) is 24.2 Å². The number of nitrogens with zero attached hydrogens (tertiary/aromatic N) is 4. The highest BCUT2D eigenvalue weighted by molar-refractivity contribution is 5.90. The molecule has 0 spiro atoms. The van der Waals surface area contributed by atoms with Gasteiger partial charge in [0.1, 0.15) is 0 Å². The Kier molecular flexibility index (Phi) is 5.65. The summed E-state index contributed by atoms with van der Waals surface area (Å²) in [5.74, 6) is -0.763. The number of para-hydroxylation sites is 1. The monoisotopic (exact) mass is 356 g/mol.